The summed E-state index contributed by atoms with van der Waals surface area (Å²) in [4.78, 5) is 28.6. The van der Waals surface area contributed by atoms with Crippen LogP contribution in [0.25, 0.3) is 0 Å². The molecule has 9 heteroatoms. The maximum Gasteiger partial charge on any atom is 0.229 e. The van der Waals surface area contributed by atoms with Gasteiger partial charge in [-0.2, -0.15) is 0 Å². The standard InChI is InChI=1S/C28H30N2O7/c1-34-20-9-7-19(8-10-20)30-26(32)14-11-21(27(30)17-5-12-24(36-3)25(15-17)37-4)28(33)29-18-6-13-23(35-2)22(31)16-18/h5-10,12-13,15-16,21,27,31H,11,14H2,1-4H3,(H,29,33). The molecule has 0 spiro atoms. The summed E-state index contributed by atoms with van der Waals surface area (Å²) in [6, 6.07) is 16.6. The van der Waals surface area contributed by atoms with Crippen LogP contribution in [0.3, 0.4) is 0 Å². The molecule has 0 aromatic heterocycles. The third-order valence-electron chi connectivity index (χ3n) is 6.48. The zero-order valence-electron chi connectivity index (χ0n) is 21.2. The van der Waals surface area contributed by atoms with E-state index >= 15 is 0 Å². The maximum atomic E-state index is 13.6. The summed E-state index contributed by atoms with van der Waals surface area (Å²) in [7, 11) is 6.11. The summed E-state index contributed by atoms with van der Waals surface area (Å²) in [6.45, 7) is 0. The van der Waals surface area contributed by atoms with Crippen molar-refractivity contribution in [2.24, 2.45) is 5.92 Å². The van der Waals surface area contributed by atoms with E-state index in [0.29, 0.717) is 40.8 Å². The van der Waals surface area contributed by atoms with Gasteiger partial charge in [-0.15, -0.1) is 0 Å². The van der Waals surface area contributed by atoms with Crippen molar-refractivity contribution in [2.45, 2.75) is 18.9 Å². The second-order valence-electron chi connectivity index (χ2n) is 8.54. The van der Waals surface area contributed by atoms with Crippen LogP contribution in [-0.2, 0) is 9.59 Å². The molecule has 1 saturated heterocycles. The zero-order chi connectivity index (χ0) is 26.5. The first-order valence-corrected chi connectivity index (χ1v) is 11.8. The number of carbonyl (C=O) groups is 2. The molecule has 4 rings (SSSR count). The number of methoxy groups -OCH3 is 4. The van der Waals surface area contributed by atoms with Crippen molar-refractivity contribution >= 4 is 23.2 Å². The van der Waals surface area contributed by atoms with Gasteiger partial charge >= 0.3 is 0 Å². The Kier molecular flexibility index (Phi) is 7.71. The number of phenolic OH excluding ortho intramolecular Hbond substituents is 1. The van der Waals surface area contributed by atoms with E-state index in [0.717, 1.165) is 5.56 Å². The number of carbonyl (C=O) groups excluding carboxylic acids is 2. The predicted octanol–water partition coefficient (Wildman–Crippen LogP) is 4.55. The number of nitrogens with one attached hydrogen (secondary N) is 1. The van der Waals surface area contributed by atoms with E-state index < -0.39 is 12.0 Å². The van der Waals surface area contributed by atoms with Gasteiger partial charge in [-0.25, -0.2) is 0 Å². The molecule has 2 N–H and O–H groups in total. The van der Waals surface area contributed by atoms with Gasteiger partial charge in [-0.05, 0) is 60.5 Å². The van der Waals surface area contributed by atoms with Gasteiger partial charge in [0.2, 0.25) is 11.8 Å². The van der Waals surface area contributed by atoms with E-state index in [1.807, 2.05) is 6.07 Å². The normalized spacial score (nSPS) is 17.2. The van der Waals surface area contributed by atoms with Crippen molar-refractivity contribution < 1.29 is 33.6 Å². The Morgan fingerprint density at radius 1 is 0.865 bits per heavy atom. The first-order valence-electron chi connectivity index (χ1n) is 11.8. The van der Waals surface area contributed by atoms with Crippen LogP contribution in [0.1, 0.15) is 24.4 Å². The number of rotatable bonds is 8. The van der Waals surface area contributed by atoms with Crippen molar-refractivity contribution in [1.29, 1.82) is 0 Å². The third-order valence-corrected chi connectivity index (χ3v) is 6.48. The minimum absolute atomic E-state index is 0.0876. The lowest BCUT2D eigenvalue weighted by atomic mass is 9.83. The van der Waals surface area contributed by atoms with Gasteiger partial charge in [-0.1, -0.05) is 6.07 Å². The van der Waals surface area contributed by atoms with Gasteiger partial charge in [0.1, 0.15) is 5.75 Å². The molecule has 1 aliphatic rings. The Morgan fingerprint density at radius 2 is 1.54 bits per heavy atom. The molecule has 1 aliphatic heterocycles. The number of benzene rings is 3. The summed E-state index contributed by atoms with van der Waals surface area (Å²) in [6.07, 6.45) is 0.542. The molecule has 0 radical (unpaired) electrons. The fourth-order valence-corrected chi connectivity index (χ4v) is 4.64. The smallest absolute Gasteiger partial charge is 0.229 e. The molecule has 9 nitrogen and oxygen atoms in total. The summed E-state index contributed by atoms with van der Waals surface area (Å²) in [5.41, 5.74) is 1.78. The SMILES string of the molecule is COc1ccc(N2C(=O)CCC(C(=O)Nc3ccc(OC)c(O)c3)C2c2ccc(OC)c(OC)c2)cc1. The molecule has 1 fully saturated rings. The van der Waals surface area contributed by atoms with Crippen LogP contribution in [0.15, 0.2) is 60.7 Å². The number of amides is 2. The fourth-order valence-electron chi connectivity index (χ4n) is 4.64. The van der Waals surface area contributed by atoms with Crippen LogP contribution in [0.5, 0.6) is 28.7 Å². The first-order chi connectivity index (χ1) is 17.9. The number of ether oxygens (including phenoxy) is 4. The predicted molar refractivity (Wildman–Crippen MR) is 139 cm³/mol. The molecule has 0 bridgehead atoms. The zero-order valence-corrected chi connectivity index (χ0v) is 21.2. The topological polar surface area (TPSA) is 107 Å². The van der Waals surface area contributed by atoms with Gasteiger partial charge in [0.05, 0.1) is 40.4 Å². The number of hydrogen-bond acceptors (Lipinski definition) is 7. The van der Waals surface area contributed by atoms with Crippen LogP contribution in [0.2, 0.25) is 0 Å². The summed E-state index contributed by atoms with van der Waals surface area (Å²) >= 11 is 0. The number of nitrogens with zero attached hydrogens (tertiary/aromatic N) is 1. The highest BCUT2D eigenvalue weighted by atomic mass is 16.5. The van der Waals surface area contributed by atoms with Crippen molar-refractivity contribution in [3.63, 3.8) is 0 Å². The van der Waals surface area contributed by atoms with Crippen LogP contribution in [0.4, 0.5) is 11.4 Å². The first kappa shape index (κ1) is 25.7. The molecular weight excluding hydrogens is 476 g/mol. The fraction of sp³-hybridized carbons (Fsp3) is 0.286. The lowest BCUT2D eigenvalue weighted by Crippen LogP contribution is -2.47. The summed E-state index contributed by atoms with van der Waals surface area (Å²) < 4.78 is 21.3. The van der Waals surface area contributed by atoms with Crippen molar-refractivity contribution in [3.05, 3.63) is 66.2 Å². The third kappa shape index (κ3) is 5.25. The van der Waals surface area contributed by atoms with Crippen LogP contribution >= 0.6 is 0 Å². The quantitative estimate of drug-likeness (QED) is 0.462. The molecule has 3 aromatic carbocycles. The van der Waals surface area contributed by atoms with E-state index in [4.69, 9.17) is 18.9 Å². The summed E-state index contributed by atoms with van der Waals surface area (Å²) in [5, 5.41) is 13.0. The highest BCUT2D eigenvalue weighted by molar-refractivity contribution is 6.00. The monoisotopic (exact) mass is 506 g/mol. The Labute approximate surface area is 215 Å². The number of phenols is 1. The average Bonchev–Trinajstić information content (AvgIpc) is 2.92. The van der Waals surface area contributed by atoms with Crippen LogP contribution < -0.4 is 29.2 Å². The van der Waals surface area contributed by atoms with E-state index in [1.165, 1.54) is 20.3 Å². The molecule has 1 heterocycles. The molecule has 0 saturated carbocycles. The lowest BCUT2D eigenvalue weighted by molar-refractivity contribution is -0.125. The molecule has 2 unspecified atom stereocenters. The Hall–Kier alpha value is -4.40. The number of piperidine rings is 1. The van der Waals surface area contributed by atoms with Crippen molar-refractivity contribution in [2.75, 3.05) is 38.7 Å². The highest BCUT2D eigenvalue weighted by Gasteiger charge is 2.42. The van der Waals surface area contributed by atoms with E-state index in [9.17, 15) is 14.7 Å². The molecule has 3 aromatic rings. The molecule has 37 heavy (non-hydrogen) atoms. The Morgan fingerprint density at radius 3 is 2.16 bits per heavy atom. The summed E-state index contributed by atoms with van der Waals surface area (Å²) in [5.74, 6) is 0.926. The largest absolute Gasteiger partial charge is 0.504 e. The minimum atomic E-state index is -0.624. The number of hydrogen-bond donors (Lipinski definition) is 2. The van der Waals surface area contributed by atoms with Crippen LogP contribution in [-0.4, -0.2) is 45.4 Å². The van der Waals surface area contributed by atoms with E-state index in [-0.39, 0.29) is 24.0 Å². The second kappa shape index (κ2) is 11.1. The molecule has 2 amide bonds. The van der Waals surface area contributed by atoms with Crippen molar-refractivity contribution in [1.82, 2.24) is 0 Å². The molecule has 194 valence electrons. The highest BCUT2D eigenvalue weighted by Crippen LogP contribution is 2.43. The minimum Gasteiger partial charge on any atom is -0.504 e. The molecule has 0 aliphatic carbocycles. The van der Waals surface area contributed by atoms with Gasteiger partial charge in [-0.3, -0.25) is 9.59 Å². The average molecular weight is 507 g/mol. The van der Waals surface area contributed by atoms with E-state index in [2.05, 4.69) is 5.32 Å². The lowest BCUT2D eigenvalue weighted by Gasteiger charge is -2.41. The van der Waals surface area contributed by atoms with Gasteiger partial charge in [0, 0.05) is 23.9 Å². The van der Waals surface area contributed by atoms with Gasteiger partial charge < -0.3 is 34.3 Å². The van der Waals surface area contributed by atoms with Gasteiger partial charge in [0.15, 0.2) is 23.0 Å². The Bertz CT molecular complexity index is 1280. The number of anilines is 2. The molecular formula is C28H30N2O7. The van der Waals surface area contributed by atoms with Crippen molar-refractivity contribution in [3.8, 4) is 28.7 Å². The van der Waals surface area contributed by atoms with Gasteiger partial charge in [0.25, 0.3) is 0 Å². The Balaban J connectivity index is 1.76. The van der Waals surface area contributed by atoms with E-state index in [1.54, 1.807) is 67.7 Å². The van der Waals surface area contributed by atoms with Crippen LogP contribution in [0, 0.1) is 5.92 Å². The number of aromatic hydroxyl groups is 1. The molecule has 2 atom stereocenters. The second-order valence-corrected chi connectivity index (χ2v) is 8.54. The maximum absolute atomic E-state index is 13.6.